The van der Waals surface area contributed by atoms with E-state index in [1.165, 1.54) is 11.0 Å². The van der Waals surface area contributed by atoms with Crippen LogP contribution in [-0.2, 0) is 11.3 Å². The number of hydrogen-bond acceptors (Lipinski definition) is 6. The SMILES string of the molecule is O=C1/C(=C\c2cc([N+](=O)[O-])ccc2[O-])SC(=S)N1Cc1ccccc1. The molecule has 0 N–H and O–H groups in total. The summed E-state index contributed by atoms with van der Waals surface area (Å²) < 4.78 is 0.387. The molecular formula is C17H11N2O4S2-. The Morgan fingerprint density at radius 3 is 2.60 bits per heavy atom. The number of thiocarbonyl (C=S) groups is 1. The van der Waals surface area contributed by atoms with Crippen LogP contribution in [0, 0.1) is 10.1 Å². The zero-order valence-corrected chi connectivity index (χ0v) is 14.4. The summed E-state index contributed by atoms with van der Waals surface area (Å²) in [6.07, 6.45) is 1.36. The number of nitro benzene ring substituents is 1. The number of hydrogen-bond donors (Lipinski definition) is 0. The van der Waals surface area contributed by atoms with E-state index in [0.717, 1.165) is 35.5 Å². The van der Waals surface area contributed by atoms with E-state index in [2.05, 4.69) is 0 Å². The molecule has 1 fully saturated rings. The highest BCUT2D eigenvalue weighted by atomic mass is 32.2. The second-order valence-electron chi connectivity index (χ2n) is 5.23. The fraction of sp³-hybridized carbons (Fsp3) is 0.0588. The lowest BCUT2D eigenvalue weighted by molar-refractivity contribution is -0.385. The Hall–Kier alpha value is -2.71. The second-order valence-corrected chi connectivity index (χ2v) is 6.91. The molecule has 3 rings (SSSR count). The van der Waals surface area contributed by atoms with E-state index in [0.29, 0.717) is 10.9 Å². The minimum absolute atomic E-state index is 0.0920. The largest absolute Gasteiger partial charge is 0.872 e. The van der Waals surface area contributed by atoms with E-state index in [-0.39, 0.29) is 27.8 Å². The van der Waals surface area contributed by atoms with Crippen LogP contribution in [0.15, 0.2) is 53.4 Å². The molecule has 1 saturated heterocycles. The van der Waals surface area contributed by atoms with Gasteiger partial charge in [0, 0.05) is 12.1 Å². The van der Waals surface area contributed by atoms with Crippen molar-refractivity contribution in [3.05, 3.63) is 74.7 Å². The Balaban J connectivity index is 1.88. The predicted molar refractivity (Wildman–Crippen MR) is 97.7 cm³/mol. The maximum atomic E-state index is 12.6. The molecule has 25 heavy (non-hydrogen) atoms. The Morgan fingerprint density at radius 1 is 1.20 bits per heavy atom. The maximum Gasteiger partial charge on any atom is 0.269 e. The van der Waals surface area contributed by atoms with Gasteiger partial charge in [0.05, 0.1) is 16.4 Å². The van der Waals surface area contributed by atoms with Crippen LogP contribution in [-0.4, -0.2) is 20.1 Å². The molecule has 1 aliphatic heterocycles. The van der Waals surface area contributed by atoms with E-state index in [9.17, 15) is 20.0 Å². The average molecular weight is 371 g/mol. The molecule has 0 aliphatic carbocycles. The lowest BCUT2D eigenvalue weighted by Crippen LogP contribution is -2.27. The van der Waals surface area contributed by atoms with E-state index < -0.39 is 4.92 Å². The summed E-state index contributed by atoms with van der Waals surface area (Å²) in [5.74, 6) is -0.705. The number of amides is 1. The van der Waals surface area contributed by atoms with Gasteiger partial charge < -0.3 is 5.11 Å². The van der Waals surface area contributed by atoms with Crippen LogP contribution in [0.4, 0.5) is 5.69 Å². The topological polar surface area (TPSA) is 86.5 Å². The summed E-state index contributed by atoms with van der Waals surface area (Å²) in [5, 5.41) is 22.8. The zero-order valence-electron chi connectivity index (χ0n) is 12.7. The molecule has 1 amide bonds. The molecule has 0 unspecified atom stereocenters. The van der Waals surface area contributed by atoms with E-state index in [1.807, 2.05) is 30.3 Å². The van der Waals surface area contributed by atoms with Crippen molar-refractivity contribution in [1.29, 1.82) is 0 Å². The summed E-state index contributed by atoms with van der Waals surface area (Å²) in [4.78, 5) is 24.6. The summed E-state index contributed by atoms with van der Waals surface area (Å²) in [7, 11) is 0. The van der Waals surface area contributed by atoms with Crippen molar-refractivity contribution >= 4 is 46.0 Å². The van der Waals surface area contributed by atoms with Gasteiger partial charge in [-0.2, -0.15) is 0 Å². The van der Waals surface area contributed by atoms with Gasteiger partial charge in [-0.05, 0) is 17.2 Å². The van der Waals surface area contributed by atoms with Crippen LogP contribution in [0.5, 0.6) is 5.75 Å². The van der Waals surface area contributed by atoms with Crippen molar-refractivity contribution in [3.8, 4) is 5.75 Å². The van der Waals surface area contributed by atoms with Gasteiger partial charge in [0.15, 0.2) is 0 Å². The fourth-order valence-electron chi connectivity index (χ4n) is 2.31. The first-order valence-corrected chi connectivity index (χ1v) is 8.43. The molecule has 0 atom stereocenters. The van der Waals surface area contributed by atoms with Crippen LogP contribution in [0.1, 0.15) is 11.1 Å². The fourth-order valence-corrected chi connectivity index (χ4v) is 3.55. The average Bonchev–Trinajstić information content (AvgIpc) is 2.85. The number of carbonyl (C=O) groups excluding carboxylic acids is 1. The third kappa shape index (κ3) is 3.70. The summed E-state index contributed by atoms with van der Waals surface area (Å²) in [5.41, 5.74) is 0.819. The van der Waals surface area contributed by atoms with Gasteiger partial charge >= 0.3 is 0 Å². The molecule has 126 valence electrons. The molecule has 0 radical (unpaired) electrons. The van der Waals surface area contributed by atoms with Gasteiger partial charge in [-0.15, -0.1) is 5.75 Å². The van der Waals surface area contributed by atoms with Gasteiger partial charge in [0.25, 0.3) is 11.6 Å². The molecule has 0 bridgehead atoms. The van der Waals surface area contributed by atoms with Crippen LogP contribution in [0.25, 0.3) is 6.08 Å². The smallest absolute Gasteiger partial charge is 0.269 e. The molecule has 8 heteroatoms. The molecule has 0 saturated carbocycles. The zero-order chi connectivity index (χ0) is 18.0. The molecule has 0 spiro atoms. The predicted octanol–water partition coefficient (Wildman–Crippen LogP) is 3.07. The van der Waals surface area contributed by atoms with Gasteiger partial charge in [-0.3, -0.25) is 19.8 Å². The monoisotopic (exact) mass is 371 g/mol. The van der Waals surface area contributed by atoms with Gasteiger partial charge in [-0.25, -0.2) is 0 Å². The van der Waals surface area contributed by atoms with Crippen molar-refractivity contribution in [2.24, 2.45) is 0 Å². The third-order valence-electron chi connectivity index (χ3n) is 3.55. The second kappa shape index (κ2) is 7.04. The number of nitro groups is 1. The van der Waals surface area contributed by atoms with Gasteiger partial charge in [0.2, 0.25) is 0 Å². The van der Waals surface area contributed by atoms with Crippen molar-refractivity contribution in [3.63, 3.8) is 0 Å². The van der Waals surface area contributed by atoms with Crippen molar-refractivity contribution in [2.75, 3.05) is 0 Å². The van der Waals surface area contributed by atoms with Crippen LogP contribution < -0.4 is 5.11 Å². The first kappa shape index (κ1) is 17.1. The first-order chi connectivity index (χ1) is 12.0. The number of non-ortho nitro benzene ring substituents is 1. The Labute approximate surface area is 152 Å². The highest BCUT2D eigenvalue weighted by Gasteiger charge is 2.32. The highest BCUT2D eigenvalue weighted by Crippen LogP contribution is 2.35. The quantitative estimate of drug-likeness (QED) is 0.355. The van der Waals surface area contributed by atoms with Crippen molar-refractivity contribution in [2.45, 2.75) is 6.54 Å². The normalized spacial score (nSPS) is 15.8. The minimum Gasteiger partial charge on any atom is -0.872 e. The first-order valence-electron chi connectivity index (χ1n) is 7.20. The molecule has 1 aliphatic rings. The van der Waals surface area contributed by atoms with Gasteiger partial charge in [0.1, 0.15) is 4.32 Å². The maximum absolute atomic E-state index is 12.6. The number of thioether (sulfide) groups is 1. The number of carbonyl (C=O) groups is 1. The molecular weight excluding hydrogens is 360 g/mol. The Bertz CT molecular complexity index is 897. The van der Waals surface area contributed by atoms with Gasteiger partial charge in [-0.1, -0.05) is 60.4 Å². The Kier molecular flexibility index (Phi) is 4.82. The van der Waals surface area contributed by atoms with Crippen LogP contribution in [0.2, 0.25) is 0 Å². The van der Waals surface area contributed by atoms with Crippen LogP contribution >= 0.6 is 24.0 Å². The molecule has 6 nitrogen and oxygen atoms in total. The minimum atomic E-state index is -0.586. The standard InChI is InChI=1S/C17H12N2O4S2/c20-14-7-6-13(19(22)23)8-12(14)9-15-16(21)18(17(24)25-15)10-11-4-2-1-3-5-11/h1-9,20H,10H2/p-1/b15-9+. The van der Waals surface area contributed by atoms with E-state index in [4.69, 9.17) is 12.2 Å². The molecule has 0 aromatic heterocycles. The van der Waals surface area contributed by atoms with E-state index in [1.54, 1.807) is 0 Å². The third-order valence-corrected chi connectivity index (χ3v) is 4.93. The highest BCUT2D eigenvalue weighted by molar-refractivity contribution is 8.26. The molecule has 1 heterocycles. The summed E-state index contributed by atoms with van der Waals surface area (Å²) in [6.45, 7) is 0.335. The lowest BCUT2D eigenvalue weighted by atomic mass is 10.1. The van der Waals surface area contributed by atoms with Crippen molar-refractivity contribution in [1.82, 2.24) is 4.90 Å². The van der Waals surface area contributed by atoms with E-state index >= 15 is 0 Å². The summed E-state index contributed by atoms with van der Waals surface area (Å²) in [6, 6.07) is 12.8. The molecule has 2 aromatic rings. The number of rotatable bonds is 4. The Morgan fingerprint density at radius 2 is 1.92 bits per heavy atom. The van der Waals surface area contributed by atoms with Crippen molar-refractivity contribution < 1.29 is 14.8 Å². The van der Waals surface area contributed by atoms with Crippen LogP contribution in [0.3, 0.4) is 0 Å². The summed E-state index contributed by atoms with van der Waals surface area (Å²) >= 11 is 6.33. The number of nitrogens with zero attached hydrogens (tertiary/aromatic N) is 2. The number of benzene rings is 2. The molecule has 2 aromatic carbocycles. The lowest BCUT2D eigenvalue weighted by Gasteiger charge is -2.14.